The van der Waals surface area contributed by atoms with Crippen LogP contribution in [0.25, 0.3) is 11.1 Å². The van der Waals surface area contributed by atoms with Crippen molar-refractivity contribution in [3.8, 4) is 57.1 Å². The molecule has 0 saturated carbocycles. The van der Waals surface area contributed by atoms with Crippen molar-refractivity contribution in [3.63, 3.8) is 0 Å². The molecule has 2 saturated heterocycles. The molecule has 8 N–H and O–H groups in total. The number of phenolic OH excluding ortho intramolecular Hbond substituents is 4. The number of hydrogen-bond donors (Lipinski definition) is 8. The molecule has 6 atom stereocenters. The third kappa shape index (κ3) is 7.04. The van der Waals surface area contributed by atoms with Gasteiger partial charge in [0.05, 0.1) is 78.3 Å². The van der Waals surface area contributed by atoms with Crippen LogP contribution in [-0.2, 0) is 22.3 Å². The maximum absolute atomic E-state index is 12.0. The Morgan fingerprint density at radius 1 is 0.556 bits per heavy atom. The van der Waals surface area contributed by atoms with Gasteiger partial charge in [-0.05, 0) is 70.8 Å². The van der Waals surface area contributed by atoms with Crippen LogP contribution in [0.5, 0.6) is 46.0 Å². The lowest BCUT2D eigenvalue weighted by Crippen LogP contribution is -2.42. The third-order valence-corrected chi connectivity index (χ3v) is 10.6. The molecule has 14 heteroatoms. The molecule has 0 amide bonds. The lowest BCUT2D eigenvalue weighted by molar-refractivity contribution is -0.0155. The highest BCUT2D eigenvalue weighted by molar-refractivity contribution is 5.81. The maximum Gasteiger partial charge on any atom is 0.165 e. The second-order valence-electron chi connectivity index (χ2n) is 13.9. The van der Waals surface area contributed by atoms with Gasteiger partial charge in [-0.25, -0.2) is 0 Å². The van der Waals surface area contributed by atoms with E-state index in [1.165, 1.54) is 40.6 Å². The van der Waals surface area contributed by atoms with E-state index in [1.807, 2.05) is 0 Å². The molecule has 0 spiro atoms. The Morgan fingerprint density at radius 2 is 0.926 bits per heavy atom. The van der Waals surface area contributed by atoms with Gasteiger partial charge >= 0.3 is 0 Å². The molecule has 2 heterocycles. The van der Waals surface area contributed by atoms with E-state index < -0.39 is 48.5 Å². The number of aliphatic hydroxyl groups is 4. The first-order valence-electron chi connectivity index (χ1n) is 17.3. The van der Waals surface area contributed by atoms with Gasteiger partial charge < -0.3 is 69.3 Å². The van der Waals surface area contributed by atoms with Crippen molar-refractivity contribution in [2.75, 3.05) is 54.9 Å². The number of benzene rings is 4. The molecule has 4 aromatic rings. The first kappa shape index (κ1) is 38.8. The van der Waals surface area contributed by atoms with Gasteiger partial charge in [0.2, 0.25) is 0 Å². The van der Waals surface area contributed by atoms with Crippen molar-refractivity contribution in [1.29, 1.82) is 0 Å². The summed E-state index contributed by atoms with van der Waals surface area (Å²) in [6.45, 7) is -1.17. The molecule has 2 fully saturated rings. The smallest absolute Gasteiger partial charge is 0.165 e. The quantitative estimate of drug-likeness (QED) is 0.0982. The minimum atomic E-state index is -1.59. The molecule has 14 nitrogen and oxygen atoms in total. The van der Waals surface area contributed by atoms with Crippen LogP contribution < -0.4 is 18.9 Å². The highest BCUT2D eigenvalue weighted by Crippen LogP contribution is 2.50. The van der Waals surface area contributed by atoms with E-state index in [-0.39, 0.29) is 83.2 Å². The van der Waals surface area contributed by atoms with Crippen molar-refractivity contribution in [2.45, 2.75) is 36.3 Å². The van der Waals surface area contributed by atoms with Crippen LogP contribution in [0.1, 0.15) is 34.5 Å². The maximum atomic E-state index is 12.0. The highest BCUT2D eigenvalue weighted by atomic mass is 16.5. The van der Waals surface area contributed by atoms with Crippen LogP contribution in [0.4, 0.5) is 0 Å². The van der Waals surface area contributed by atoms with Gasteiger partial charge in [-0.15, -0.1) is 0 Å². The van der Waals surface area contributed by atoms with Gasteiger partial charge in [-0.1, -0.05) is 12.1 Å². The summed E-state index contributed by atoms with van der Waals surface area (Å²) in [6.07, 6.45) is -1.57. The van der Waals surface area contributed by atoms with Crippen molar-refractivity contribution >= 4 is 0 Å². The second-order valence-corrected chi connectivity index (χ2v) is 13.9. The van der Waals surface area contributed by atoms with Crippen LogP contribution >= 0.6 is 0 Å². The summed E-state index contributed by atoms with van der Waals surface area (Å²) in [4.78, 5) is 0. The number of hydrogen-bond acceptors (Lipinski definition) is 14. The molecule has 0 aliphatic carbocycles. The van der Waals surface area contributed by atoms with Crippen molar-refractivity contribution in [3.05, 3.63) is 82.9 Å². The average Bonchev–Trinajstić information content (AvgIpc) is 3.68. The molecule has 6 unspecified atom stereocenters. The fraction of sp³-hybridized carbons (Fsp3) is 0.400. The van der Waals surface area contributed by atoms with Gasteiger partial charge in [0, 0.05) is 35.8 Å². The lowest BCUT2D eigenvalue weighted by atomic mass is 9.79. The van der Waals surface area contributed by atoms with Gasteiger partial charge in [-0.3, -0.25) is 0 Å². The van der Waals surface area contributed by atoms with Crippen molar-refractivity contribution in [2.24, 2.45) is 11.8 Å². The molecule has 290 valence electrons. The normalized spacial score (nSPS) is 25.1. The average molecular weight is 751 g/mol. The van der Waals surface area contributed by atoms with E-state index in [9.17, 15) is 40.9 Å². The van der Waals surface area contributed by atoms with E-state index in [2.05, 4.69) is 0 Å². The molecule has 0 radical (unpaired) electrons. The third-order valence-electron chi connectivity index (χ3n) is 10.6. The van der Waals surface area contributed by atoms with E-state index in [1.54, 1.807) is 48.5 Å². The van der Waals surface area contributed by atoms with E-state index >= 15 is 0 Å². The predicted octanol–water partition coefficient (Wildman–Crippen LogP) is 3.52. The van der Waals surface area contributed by atoms with Crippen LogP contribution in [0.3, 0.4) is 0 Å². The SMILES string of the molecule is COc1cc(C2OCC(O)(Cc3cc(OC)c(O)c(-c4cc(CC5(O)COC(c6ccc(O)c(OC)c6)C5CO)cc(OC)c4O)c3)C2CO)ccc1O. The van der Waals surface area contributed by atoms with Crippen LogP contribution in [0, 0.1) is 11.8 Å². The summed E-state index contributed by atoms with van der Waals surface area (Å²) in [6, 6.07) is 15.6. The zero-order valence-corrected chi connectivity index (χ0v) is 30.4. The minimum Gasteiger partial charge on any atom is -0.504 e. The Hall–Kier alpha value is -4.96. The number of rotatable bonds is 13. The Labute approximate surface area is 311 Å². The van der Waals surface area contributed by atoms with Gasteiger partial charge in [0.15, 0.2) is 46.0 Å². The lowest BCUT2D eigenvalue weighted by Gasteiger charge is -2.30. The van der Waals surface area contributed by atoms with Gasteiger partial charge in [0.1, 0.15) is 0 Å². The Bertz CT molecular complexity index is 1840. The van der Waals surface area contributed by atoms with E-state index in [0.717, 1.165) is 0 Å². The zero-order chi connectivity index (χ0) is 38.9. The fourth-order valence-corrected chi connectivity index (χ4v) is 7.74. The van der Waals surface area contributed by atoms with Crippen LogP contribution in [-0.4, -0.2) is 107 Å². The molecule has 0 aromatic heterocycles. The highest BCUT2D eigenvalue weighted by Gasteiger charge is 2.50. The predicted molar refractivity (Wildman–Crippen MR) is 193 cm³/mol. The number of phenols is 4. The minimum absolute atomic E-state index is 0.0458. The van der Waals surface area contributed by atoms with Crippen molar-refractivity contribution < 1.29 is 69.3 Å². The Morgan fingerprint density at radius 3 is 1.26 bits per heavy atom. The molecular weight excluding hydrogens is 704 g/mol. The van der Waals surface area contributed by atoms with Crippen LogP contribution in [0.15, 0.2) is 60.7 Å². The Kier molecular flexibility index (Phi) is 11.1. The monoisotopic (exact) mass is 750 g/mol. The summed E-state index contributed by atoms with van der Waals surface area (Å²) in [5.74, 6) is -1.83. The first-order valence-corrected chi connectivity index (χ1v) is 17.3. The topological polar surface area (TPSA) is 217 Å². The first-order chi connectivity index (χ1) is 25.8. The molecule has 54 heavy (non-hydrogen) atoms. The number of ether oxygens (including phenoxy) is 6. The molecular formula is C40H46O14. The molecule has 6 rings (SSSR count). The largest absolute Gasteiger partial charge is 0.504 e. The summed E-state index contributed by atoms with van der Waals surface area (Å²) >= 11 is 0. The number of aliphatic hydroxyl groups excluding tert-OH is 2. The molecule has 0 bridgehead atoms. The molecule has 2 aliphatic rings. The van der Waals surface area contributed by atoms with Gasteiger partial charge in [-0.2, -0.15) is 0 Å². The molecule has 2 aliphatic heterocycles. The summed E-state index contributed by atoms with van der Waals surface area (Å²) < 4.78 is 33.5. The second kappa shape index (κ2) is 15.4. The Balaban J connectivity index is 1.33. The fourth-order valence-electron chi connectivity index (χ4n) is 7.74. The van der Waals surface area contributed by atoms with Gasteiger partial charge in [0.25, 0.3) is 0 Å². The number of methoxy groups -OCH3 is 4. The van der Waals surface area contributed by atoms with Crippen LogP contribution in [0.2, 0.25) is 0 Å². The zero-order valence-electron chi connectivity index (χ0n) is 30.4. The summed E-state index contributed by atoms with van der Waals surface area (Å²) in [5, 5.41) is 87.9. The standard InChI is InChI=1S/C40H46O14/c1-49-31-13-23(5-7-29(31)43)37-27(17-41)39(47,19-53-37)15-21-9-25(35(45)33(11-21)51-3)26-10-22(12-34(52-4)36(26)46)16-40(48)20-54-38(28(40)18-42)24-6-8-30(44)32(14-24)50-2/h5-14,27-28,37-38,41-48H,15-20H2,1-4H3. The summed E-state index contributed by atoms with van der Waals surface area (Å²) in [5.41, 5.74) is -0.782. The molecule has 4 aromatic carbocycles. The summed E-state index contributed by atoms with van der Waals surface area (Å²) in [7, 11) is 5.55. The van der Waals surface area contributed by atoms with Crippen molar-refractivity contribution in [1.82, 2.24) is 0 Å². The van der Waals surface area contributed by atoms with E-state index in [4.69, 9.17) is 28.4 Å². The van der Waals surface area contributed by atoms with E-state index in [0.29, 0.717) is 22.3 Å². The number of aromatic hydroxyl groups is 4.